The lowest BCUT2D eigenvalue weighted by Crippen LogP contribution is -2.27. The van der Waals surface area contributed by atoms with Crippen LogP contribution in [0, 0.1) is 6.92 Å². The molecule has 0 amide bonds. The molecule has 6 heteroatoms. The predicted molar refractivity (Wildman–Crippen MR) is 79.7 cm³/mol. The number of sulfonamides is 1. The number of benzene rings is 1. The summed E-state index contributed by atoms with van der Waals surface area (Å²) in [5.41, 5.74) is 1.78. The van der Waals surface area contributed by atoms with Gasteiger partial charge in [-0.1, -0.05) is 28.1 Å². The smallest absolute Gasteiger partial charge is 0.240 e. The van der Waals surface area contributed by atoms with E-state index < -0.39 is 10.0 Å². The molecule has 0 radical (unpaired) electrons. The van der Waals surface area contributed by atoms with E-state index in [1.54, 1.807) is 18.2 Å². The third-order valence-electron chi connectivity index (χ3n) is 2.33. The summed E-state index contributed by atoms with van der Waals surface area (Å²) < 4.78 is 32.6. The van der Waals surface area contributed by atoms with Crippen LogP contribution in [0.5, 0.6) is 0 Å². The van der Waals surface area contributed by atoms with Gasteiger partial charge in [0.05, 0.1) is 18.1 Å². The molecule has 0 spiro atoms. The van der Waals surface area contributed by atoms with Crippen molar-refractivity contribution in [1.29, 1.82) is 0 Å². The molecule has 0 saturated heterocycles. The van der Waals surface area contributed by atoms with Gasteiger partial charge in [-0.3, -0.25) is 0 Å². The van der Waals surface area contributed by atoms with E-state index in [2.05, 4.69) is 27.2 Å². The van der Waals surface area contributed by atoms with Gasteiger partial charge in [-0.15, -0.1) is 0 Å². The van der Waals surface area contributed by atoms with Crippen molar-refractivity contribution in [1.82, 2.24) is 4.72 Å². The molecule has 0 fully saturated rings. The predicted octanol–water partition coefficient (Wildman–Crippen LogP) is 2.63. The zero-order valence-electron chi connectivity index (χ0n) is 11.1. The van der Waals surface area contributed by atoms with Crippen LogP contribution < -0.4 is 4.72 Å². The fourth-order valence-corrected chi connectivity index (χ4v) is 2.71. The Kier molecular flexibility index (Phi) is 6.19. The summed E-state index contributed by atoms with van der Waals surface area (Å²) in [5, 5.41) is 0. The van der Waals surface area contributed by atoms with Crippen LogP contribution in [0.15, 0.2) is 39.7 Å². The average Bonchev–Trinajstić information content (AvgIpc) is 2.31. The van der Waals surface area contributed by atoms with Gasteiger partial charge in [0.2, 0.25) is 10.0 Å². The Balaban J connectivity index is 2.56. The maximum absolute atomic E-state index is 12.0. The molecule has 106 valence electrons. The van der Waals surface area contributed by atoms with Gasteiger partial charge in [0.1, 0.15) is 0 Å². The molecular weight excluding hydrogens is 330 g/mol. The van der Waals surface area contributed by atoms with E-state index in [1.807, 2.05) is 13.8 Å². The summed E-state index contributed by atoms with van der Waals surface area (Å²) >= 11 is 3.34. The monoisotopic (exact) mass is 347 g/mol. The average molecular weight is 348 g/mol. The van der Waals surface area contributed by atoms with Crippen molar-refractivity contribution in [3.8, 4) is 0 Å². The van der Waals surface area contributed by atoms with Crippen molar-refractivity contribution in [3.63, 3.8) is 0 Å². The molecule has 0 aromatic heterocycles. The van der Waals surface area contributed by atoms with Crippen molar-refractivity contribution in [3.05, 3.63) is 40.4 Å². The minimum absolute atomic E-state index is 0.241. The molecule has 19 heavy (non-hydrogen) atoms. The molecular formula is C13H18BrNO3S. The van der Waals surface area contributed by atoms with Gasteiger partial charge < -0.3 is 4.74 Å². The van der Waals surface area contributed by atoms with Crippen LogP contribution in [0.2, 0.25) is 0 Å². The van der Waals surface area contributed by atoms with E-state index in [9.17, 15) is 8.42 Å². The van der Waals surface area contributed by atoms with Crippen LogP contribution in [-0.2, 0) is 14.8 Å². The molecule has 0 bridgehead atoms. The first-order chi connectivity index (χ1) is 8.83. The normalized spacial score (nSPS) is 11.5. The lowest BCUT2D eigenvalue weighted by molar-refractivity contribution is 0.162. The van der Waals surface area contributed by atoms with Gasteiger partial charge in [-0.25, -0.2) is 13.1 Å². The van der Waals surface area contributed by atoms with Crippen LogP contribution in [0.1, 0.15) is 12.5 Å². The van der Waals surface area contributed by atoms with Gasteiger partial charge in [0.15, 0.2) is 0 Å². The summed E-state index contributed by atoms with van der Waals surface area (Å²) in [7, 11) is -3.47. The third-order valence-corrected chi connectivity index (χ3v) is 4.68. The van der Waals surface area contributed by atoms with Gasteiger partial charge in [-0.2, -0.15) is 0 Å². The number of ether oxygens (including phenoxy) is 1. The van der Waals surface area contributed by atoms with E-state index in [0.717, 1.165) is 15.6 Å². The fraction of sp³-hybridized carbons (Fsp3) is 0.385. The minimum Gasteiger partial charge on any atom is -0.376 e. The Labute approximate surface area is 123 Å². The Morgan fingerprint density at radius 3 is 2.74 bits per heavy atom. The summed E-state index contributed by atoms with van der Waals surface area (Å²) in [5.74, 6) is 0. The SMILES string of the molecule is C=C(C)COCCNS(=O)(=O)c1ccc(Br)c(C)c1. The lowest BCUT2D eigenvalue weighted by Gasteiger charge is -2.08. The molecule has 4 nitrogen and oxygen atoms in total. The largest absolute Gasteiger partial charge is 0.376 e. The Morgan fingerprint density at radius 2 is 2.16 bits per heavy atom. The molecule has 1 N–H and O–H groups in total. The number of hydrogen-bond donors (Lipinski definition) is 1. The Hall–Kier alpha value is -0.690. The maximum Gasteiger partial charge on any atom is 0.240 e. The molecule has 0 saturated carbocycles. The Bertz CT molecular complexity index is 555. The topological polar surface area (TPSA) is 55.4 Å². The van der Waals surface area contributed by atoms with E-state index >= 15 is 0 Å². The molecule has 0 unspecified atom stereocenters. The highest BCUT2D eigenvalue weighted by Crippen LogP contribution is 2.19. The molecule has 0 aliphatic heterocycles. The molecule has 0 aliphatic rings. The van der Waals surface area contributed by atoms with Gasteiger partial charge in [-0.05, 0) is 37.6 Å². The maximum atomic E-state index is 12.0. The van der Waals surface area contributed by atoms with Crippen LogP contribution in [0.3, 0.4) is 0 Å². The molecule has 0 atom stereocenters. The van der Waals surface area contributed by atoms with Crippen molar-refractivity contribution in [2.45, 2.75) is 18.7 Å². The number of rotatable bonds is 7. The van der Waals surface area contributed by atoms with Crippen LogP contribution in [0.4, 0.5) is 0 Å². The van der Waals surface area contributed by atoms with Crippen molar-refractivity contribution in [2.24, 2.45) is 0 Å². The van der Waals surface area contributed by atoms with Gasteiger partial charge >= 0.3 is 0 Å². The first-order valence-corrected chi connectivity index (χ1v) is 8.08. The van der Waals surface area contributed by atoms with Gasteiger partial charge in [0, 0.05) is 11.0 Å². The van der Waals surface area contributed by atoms with Gasteiger partial charge in [0.25, 0.3) is 0 Å². The molecule has 0 aliphatic carbocycles. The molecule has 1 aromatic rings. The number of hydrogen-bond acceptors (Lipinski definition) is 3. The minimum atomic E-state index is -3.47. The number of aryl methyl sites for hydroxylation is 1. The second-order valence-electron chi connectivity index (χ2n) is 4.32. The van der Waals surface area contributed by atoms with E-state index in [0.29, 0.717) is 13.2 Å². The number of halogens is 1. The standard InChI is InChI=1S/C13H18BrNO3S/c1-10(2)9-18-7-6-15-19(16,17)12-4-5-13(14)11(3)8-12/h4-5,8,15H,1,6-7,9H2,2-3H3. The first kappa shape index (κ1) is 16.4. The van der Waals surface area contributed by atoms with Crippen LogP contribution in [-0.4, -0.2) is 28.2 Å². The Morgan fingerprint density at radius 1 is 1.47 bits per heavy atom. The quantitative estimate of drug-likeness (QED) is 0.609. The van der Waals surface area contributed by atoms with Crippen LogP contribution >= 0.6 is 15.9 Å². The summed E-state index contributed by atoms with van der Waals surface area (Å²) in [6.07, 6.45) is 0. The third kappa shape index (κ3) is 5.44. The highest BCUT2D eigenvalue weighted by atomic mass is 79.9. The van der Waals surface area contributed by atoms with E-state index in [-0.39, 0.29) is 11.4 Å². The molecule has 0 heterocycles. The second kappa shape index (κ2) is 7.19. The molecule has 1 aromatic carbocycles. The van der Waals surface area contributed by atoms with Crippen molar-refractivity contribution < 1.29 is 13.2 Å². The van der Waals surface area contributed by atoms with Crippen molar-refractivity contribution in [2.75, 3.05) is 19.8 Å². The van der Waals surface area contributed by atoms with E-state index in [4.69, 9.17) is 4.74 Å². The zero-order valence-corrected chi connectivity index (χ0v) is 13.5. The number of nitrogens with one attached hydrogen (secondary N) is 1. The molecule has 1 rings (SSSR count). The second-order valence-corrected chi connectivity index (χ2v) is 6.94. The fourth-order valence-electron chi connectivity index (χ4n) is 1.36. The summed E-state index contributed by atoms with van der Waals surface area (Å²) in [6, 6.07) is 4.91. The van der Waals surface area contributed by atoms with E-state index in [1.165, 1.54) is 0 Å². The highest BCUT2D eigenvalue weighted by molar-refractivity contribution is 9.10. The summed E-state index contributed by atoms with van der Waals surface area (Å²) in [4.78, 5) is 0.258. The summed E-state index contributed by atoms with van der Waals surface area (Å²) in [6.45, 7) is 8.41. The first-order valence-electron chi connectivity index (χ1n) is 5.81. The van der Waals surface area contributed by atoms with Crippen molar-refractivity contribution >= 4 is 26.0 Å². The highest BCUT2D eigenvalue weighted by Gasteiger charge is 2.13. The van der Waals surface area contributed by atoms with Crippen LogP contribution in [0.25, 0.3) is 0 Å². The zero-order chi connectivity index (χ0) is 14.5. The lowest BCUT2D eigenvalue weighted by atomic mass is 10.2.